The average molecular weight is 398 g/mol. The Hall–Kier alpha value is -2.79. The van der Waals surface area contributed by atoms with E-state index in [-0.39, 0.29) is 17.9 Å². The number of carboxylic acids is 1. The maximum Gasteiger partial charge on any atom is 0.326 e. The summed E-state index contributed by atoms with van der Waals surface area (Å²) in [6.07, 6.45) is -0.429. The molecule has 27 heavy (non-hydrogen) atoms. The molecule has 1 aromatic rings. The van der Waals surface area contributed by atoms with Crippen LogP contribution < -0.4 is 22.1 Å². The molecule has 3 atom stereocenters. The first kappa shape index (κ1) is 22.3. The third-order valence-corrected chi connectivity index (χ3v) is 3.93. The lowest BCUT2D eigenvalue weighted by Crippen LogP contribution is -2.56. The van der Waals surface area contributed by atoms with Gasteiger partial charge in [-0.05, 0) is 24.1 Å². The first-order valence-electron chi connectivity index (χ1n) is 7.90. The molecule has 0 radical (unpaired) electrons. The number of thiol groups is 1. The van der Waals surface area contributed by atoms with Crippen LogP contribution in [0.4, 0.5) is 0 Å². The van der Waals surface area contributed by atoms with Gasteiger partial charge in [-0.1, -0.05) is 12.1 Å². The summed E-state index contributed by atoms with van der Waals surface area (Å²) in [6, 6.07) is 2.47. The number of hydrogen-bond donors (Lipinski definition) is 7. The molecule has 10 nitrogen and oxygen atoms in total. The fourth-order valence-corrected chi connectivity index (χ4v) is 2.38. The number of nitrogens with two attached hydrogens (primary N) is 2. The van der Waals surface area contributed by atoms with Crippen LogP contribution in [0, 0.1) is 0 Å². The summed E-state index contributed by atoms with van der Waals surface area (Å²) < 4.78 is 0. The quantitative estimate of drug-likeness (QED) is 0.225. The van der Waals surface area contributed by atoms with Crippen molar-refractivity contribution in [3.8, 4) is 5.75 Å². The Morgan fingerprint density at radius 2 is 1.59 bits per heavy atom. The van der Waals surface area contributed by atoms with Gasteiger partial charge >= 0.3 is 5.97 Å². The molecule has 1 rings (SSSR count). The molecule has 0 bridgehead atoms. The van der Waals surface area contributed by atoms with Crippen molar-refractivity contribution in [3.05, 3.63) is 29.8 Å². The summed E-state index contributed by atoms with van der Waals surface area (Å²) in [5, 5.41) is 22.8. The minimum Gasteiger partial charge on any atom is -0.508 e. The molecule has 0 spiro atoms. The van der Waals surface area contributed by atoms with Crippen molar-refractivity contribution >= 4 is 36.3 Å². The van der Waals surface area contributed by atoms with Crippen molar-refractivity contribution in [1.29, 1.82) is 0 Å². The van der Waals surface area contributed by atoms with Crippen LogP contribution in [0.3, 0.4) is 0 Å². The molecule has 0 aliphatic heterocycles. The lowest BCUT2D eigenvalue weighted by Gasteiger charge is -2.21. The van der Waals surface area contributed by atoms with Gasteiger partial charge in [0.2, 0.25) is 17.7 Å². The number of carbonyl (C=O) groups excluding carboxylic acids is 3. The highest BCUT2D eigenvalue weighted by molar-refractivity contribution is 7.80. The van der Waals surface area contributed by atoms with Crippen molar-refractivity contribution in [2.24, 2.45) is 11.5 Å². The molecular formula is C16H22N4O6S. The summed E-state index contributed by atoms with van der Waals surface area (Å²) in [4.78, 5) is 46.3. The van der Waals surface area contributed by atoms with Gasteiger partial charge in [0.1, 0.15) is 17.8 Å². The molecule has 8 N–H and O–H groups in total. The molecule has 0 saturated carbocycles. The van der Waals surface area contributed by atoms with Gasteiger partial charge in [-0.2, -0.15) is 12.6 Å². The highest BCUT2D eigenvalue weighted by Gasteiger charge is 2.28. The number of hydrogen-bond acceptors (Lipinski definition) is 7. The number of rotatable bonds is 10. The lowest BCUT2D eigenvalue weighted by molar-refractivity contribution is -0.143. The molecule has 0 fully saturated rings. The summed E-state index contributed by atoms with van der Waals surface area (Å²) in [7, 11) is 0. The predicted octanol–water partition coefficient (Wildman–Crippen LogP) is -1.88. The van der Waals surface area contributed by atoms with Crippen LogP contribution in [0.25, 0.3) is 0 Å². The Kier molecular flexibility index (Phi) is 8.56. The van der Waals surface area contributed by atoms with Gasteiger partial charge in [-0.15, -0.1) is 0 Å². The van der Waals surface area contributed by atoms with Gasteiger partial charge in [-0.3, -0.25) is 14.4 Å². The van der Waals surface area contributed by atoms with E-state index in [0.29, 0.717) is 5.56 Å². The normalized spacial score (nSPS) is 13.9. The lowest BCUT2D eigenvalue weighted by atomic mass is 10.1. The van der Waals surface area contributed by atoms with E-state index in [4.69, 9.17) is 16.6 Å². The van der Waals surface area contributed by atoms with Crippen molar-refractivity contribution in [1.82, 2.24) is 10.6 Å². The molecule has 0 heterocycles. The van der Waals surface area contributed by atoms with E-state index in [9.17, 15) is 24.3 Å². The van der Waals surface area contributed by atoms with Crippen LogP contribution in [0.5, 0.6) is 5.75 Å². The molecule has 0 aliphatic rings. The molecule has 148 valence electrons. The molecule has 0 aromatic heterocycles. The number of benzene rings is 1. The summed E-state index contributed by atoms with van der Waals surface area (Å²) >= 11 is 3.97. The smallest absolute Gasteiger partial charge is 0.326 e. The number of carbonyl (C=O) groups is 4. The Bertz CT molecular complexity index is 697. The first-order valence-corrected chi connectivity index (χ1v) is 8.53. The Morgan fingerprint density at radius 1 is 1.04 bits per heavy atom. The van der Waals surface area contributed by atoms with E-state index in [1.165, 1.54) is 12.1 Å². The molecule has 1 aromatic carbocycles. The highest BCUT2D eigenvalue weighted by atomic mass is 32.1. The number of amides is 3. The van der Waals surface area contributed by atoms with Gasteiger partial charge in [0.15, 0.2) is 0 Å². The first-order chi connectivity index (χ1) is 12.6. The Balaban J connectivity index is 2.67. The summed E-state index contributed by atoms with van der Waals surface area (Å²) in [5.41, 5.74) is 11.5. The van der Waals surface area contributed by atoms with Crippen molar-refractivity contribution in [3.63, 3.8) is 0 Å². The molecule has 3 amide bonds. The molecular weight excluding hydrogens is 376 g/mol. The van der Waals surface area contributed by atoms with Gasteiger partial charge in [0.25, 0.3) is 0 Å². The third-order valence-electron chi connectivity index (χ3n) is 3.56. The van der Waals surface area contributed by atoms with Gasteiger partial charge in [0, 0.05) is 5.75 Å². The molecule has 3 unspecified atom stereocenters. The fourth-order valence-electron chi connectivity index (χ4n) is 2.13. The van der Waals surface area contributed by atoms with Gasteiger partial charge < -0.3 is 32.3 Å². The number of phenolic OH excluding ortho intramolecular Hbond substituents is 1. The zero-order chi connectivity index (χ0) is 20.6. The molecule has 0 saturated heterocycles. The van der Waals surface area contributed by atoms with Crippen LogP contribution in [0.2, 0.25) is 0 Å². The van der Waals surface area contributed by atoms with E-state index in [1.807, 2.05) is 0 Å². The summed E-state index contributed by atoms with van der Waals surface area (Å²) in [5.74, 6) is -3.84. The van der Waals surface area contributed by atoms with E-state index < -0.39 is 48.2 Å². The number of phenols is 1. The van der Waals surface area contributed by atoms with Crippen LogP contribution in [-0.4, -0.2) is 57.8 Å². The number of primary amides is 1. The van der Waals surface area contributed by atoms with E-state index >= 15 is 0 Å². The van der Waals surface area contributed by atoms with Gasteiger partial charge in [0.05, 0.1) is 12.5 Å². The second kappa shape index (κ2) is 10.4. The fraction of sp³-hybridized carbons (Fsp3) is 0.375. The van der Waals surface area contributed by atoms with Crippen molar-refractivity contribution in [2.45, 2.75) is 31.0 Å². The monoisotopic (exact) mass is 398 g/mol. The summed E-state index contributed by atoms with van der Waals surface area (Å²) in [6.45, 7) is 0. The number of aliphatic carboxylic acids is 1. The van der Waals surface area contributed by atoms with Crippen LogP contribution >= 0.6 is 12.6 Å². The molecule has 0 aliphatic carbocycles. The second-order valence-electron chi connectivity index (χ2n) is 5.79. The predicted molar refractivity (Wildman–Crippen MR) is 98.9 cm³/mol. The largest absolute Gasteiger partial charge is 0.508 e. The zero-order valence-corrected chi connectivity index (χ0v) is 15.2. The minimum atomic E-state index is -1.51. The average Bonchev–Trinajstić information content (AvgIpc) is 2.60. The maximum absolute atomic E-state index is 12.2. The third kappa shape index (κ3) is 7.54. The van der Waals surface area contributed by atoms with Gasteiger partial charge in [-0.25, -0.2) is 4.79 Å². The van der Waals surface area contributed by atoms with E-state index in [2.05, 4.69) is 23.3 Å². The van der Waals surface area contributed by atoms with E-state index in [0.717, 1.165) is 0 Å². The SMILES string of the molecule is NC(=O)CC(NC(=O)C(CS)NC(=O)C(N)Cc1ccc(O)cc1)C(=O)O. The topological polar surface area (TPSA) is 185 Å². The van der Waals surface area contributed by atoms with Crippen LogP contribution in [0.15, 0.2) is 24.3 Å². The van der Waals surface area contributed by atoms with Crippen LogP contribution in [-0.2, 0) is 25.6 Å². The Morgan fingerprint density at radius 3 is 2.07 bits per heavy atom. The van der Waals surface area contributed by atoms with Crippen LogP contribution in [0.1, 0.15) is 12.0 Å². The second-order valence-corrected chi connectivity index (χ2v) is 6.16. The van der Waals surface area contributed by atoms with Crippen molar-refractivity contribution < 1.29 is 29.4 Å². The molecule has 11 heteroatoms. The standard InChI is InChI=1S/C16H22N4O6S/c17-10(5-8-1-3-9(21)4-2-8)14(23)20-12(7-27)15(24)19-11(16(25)26)6-13(18)22/h1-4,10-12,21,27H,5-7,17H2,(H2,18,22)(H,19,24)(H,20,23)(H,25,26). The zero-order valence-electron chi connectivity index (χ0n) is 14.3. The number of carboxylic acid groups (broad SMARTS) is 1. The maximum atomic E-state index is 12.2. The van der Waals surface area contributed by atoms with E-state index in [1.54, 1.807) is 12.1 Å². The van der Waals surface area contributed by atoms with Crippen molar-refractivity contribution in [2.75, 3.05) is 5.75 Å². The highest BCUT2D eigenvalue weighted by Crippen LogP contribution is 2.11. The number of aromatic hydroxyl groups is 1. The Labute approximate surface area is 160 Å². The minimum absolute atomic E-state index is 0.0764. The number of nitrogens with one attached hydrogen (secondary N) is 2.